The smallest absolute Gasteiger partial charge is 0.146 e. The standard InChI is InChI=1S/C21H18O/c22-14-17-11-12-19-18-9-5-4-6-15(18)10-13-20(19)21(17)16-7-2-1-3-8-16/h1-9,11-12,14,20-21H,10,13H2/t20-,21-/m1/s1. The maximum Gasteiger partial charge on any atom is 0.146 e. The van der Waals surface area contributed by atoms with Gasteiger partial charge in [0, 0.05) is 5.92 Å². The molecule has 4 rings (SSSR count). The Kier molecular flexibility index (Phi) is 3.27. The first-order valence-corrected chi connectivity index (χ1v) is 7.88. The highest BCUT2D eigenvalue weighted by molar-refractivity contribution is 5.84. The van der Waals surface area contributed by atoms with Crippen molar-refractivity contribution in [2.45, 2.75) is 18.8 Å². The molecule has 22 heavy (non-hydrogen) atoms. The second-order valence-electron chi connectivity index (χ2n) is 6.10. The minimum Gasteiger partial charge on any atom is -0.298 e. The number of benzene rings is 2. The van der Waals surface area contributed by atoms with Crippen molar-refractivity contribution in [1.29, 1.82) is 0 Å². The van der Waals surface area contributed by atoms with Crippen LogP contribution in [-0.2, 0) is 11.2 Å². The number of rotatable bonds is 2. The van der Waals surface area contributed by atoms with Crippen LogP contribution in [0.15, 0.2) is 72.3 Å². The zero-order valence-electron chi connectivity index (χ0n) is 12.4. The van der Waals surface area contributed by atoms with Crippen molar-refractivity contribution in [1.82, 2.24) is 0 Å². The molecule has 0 bridgehead atoms. The molecule has 0 N–H and O–H groups in total. The maximum atomic E-state index is 11.6. The van der Waals surface area contributed by atoms with Gasteiger partial charge in [-0.2, -0.15) is 0 Å². The predicted octanol–water partition coefficient (Wildman–Crippen LogP) is 4.56. The Labute approximate surface area is 131 Å². The Morgan fingerprint density at radius 3 is 2.50 bits per heavy atom. The molecular weight excluding hydrogens is 268 g/mol. The fourth-order valence-electron chi connectivity index (χ4n) is 3.97. The minimum absolute atomic E-state index is 0.187. The Morgan fingerprint density at radius 1 is 0.909 bits per heavy atom. The molecule has 2 atom stereocenters. The van der Waals surface area contributed by atoms with E-state index in [1.807, 2.05) is 12.1 Å². The van der Waals surface area contributed by atoms with E-state index in [2.05, 4.69) is 54.6 Å². The summed E-state index contributed by atoms with van der Waals surface area (Å²) >= 11 is 0. The molecule has 108 valence electrons. The van der Waals surface area contributed by atoms with Gasteiger partial charge in [-0.15, -0.1) is 0 Å². The van der Waals surface area contributed by atoms with Gasteiger partial charge >= 0.3 is 0 Å². The molecule has 2 aliphatic rings. The highest BCUT2D eigenvalue weighted by atomic mass is 16.1. The zero-order valence-corrected chi connectivity index (χ0v) is 12.4. The molecule has 1 heteroatoms. The second-order valence-corrected chi connectivity index (χ2v) is 6.10. The van der Waals surface area contributed by atoms with Gasteiger partial charge in [0.15, 0.2) is 0 Å². The largest absolute Gasteiger partial charge is 0.298 e. The van der Waals surface area contributed by atoms with Crippen LogP contribution in [0.5, 0.6) is 0 Å². The van der Waals surface area contributed by atoms with Gasteiger partial charge in [0.2, 0.25) is 0 Å². The van der Waals surface area contributed by atoms with Gasteiger partial charge < -0.3 is 0 Å². The molecule has 0 radical (unpaired) electrons. The number of allylic oxidation sites excluding steroid dienone is 4. The molecule has 0 fully saturated rings. The van der Waals surface area contributed by atoms with Crippen LogP contribution in [0.4, 0.5) is 0 Å². The molecule has 2 aromatic rings. The number of hydrogen-bond acceptors (Lipinski definition) is 1. The van der Waals surface area contributed by atoms with E-state index in [0.29, 0.717) is 5.92 Å². The quantitative estimate of drug-likeness (QED) is 0.740. The van der Waals surface area contributed by atoms with Crippen molar-refractivity contribution in [3.05, 3.63) is 89.0 Å². The van der Waals surface area contributed by atoms with Crippen LogP contribution in [-0.4, -0.2) is 6.29 Å². The first-order valence-electron chi connectivity index (χ1n) is 7.88. The Hall–Kier alpha value is -2.41. The normalized spacial score (nSPS) is 22.9. The molecule has 0 heterocycles. The van der Waals surface area contributed by atoms with Gasteiger partial charge in [0.05, 0.1) is 0 Å². The van der Waals surface area contributed by atoms with E-state index in [4.69, 9.17) is 0 Å². The summed E-state index contributed by atoms with van der Waals surface area (Å²) in [6, 6.07) is 19.1. The van der Waals surface area contributed by atoms with E-state index in [0.717, 1.165) is 24.7 Å². The molecule has 0 saturated heterocycles. The van der Waals surface area contributed by atoms with Gasteiger partial charge in [0.25, 0.3) is 0 Å². The Balaban J connectivity index is 1.85. The van der Waals surface area contributed by atoms with E-state index in [9.17, 15) is 4.79 Å². The van der Waals surface area contributed by atoms with Crippen LogP contribution in [0.2, 0.25) is 0 Å². The van der Waals surface area contributed by atoms with Crippen molar-refractivity contribution >= 4 is 11.9 Å². The lowest BCUT2D eigenvalue weighted by Gasteiger charge is -2.36. The first-order chi connectivity index (χ1) is 10.9. The van der Waals surface area contributed by atoms with Crippen LogP contribution >= 0.6 is 0 Å². The number of carbonyl (C=O) groups excluding carboxylic acids is 1. The lowest BCUT2D eigenvalue weighted by molar-refractivity contribution is -0.105. The van der Waals surface area contributed by atoms with Crippen LogP contribution in [0.3, 0.4) is 0 Å². The fourth-order valence-corrected chi connectivity index (χ4v) is 3.97. The van der Waals surface area contributed by atoms with E-state index in [1.165, 1.54) is 22.3 Å². The van der Waals surface area contributed by atoms with E-state index >= 15 is 0 Å². The number of carbonyl (C=O) groups is 1. The molecule has 0 aromatic heterocycles. The lowest BCUT2D eigenvalue weighted by atomic mass is 9.67. The number of hydrogen-bond donors (Lipinski definition) is 0. The van der Waals surface area contributed by atoms with E-state index < -0.39 is 0 Å². The third-order valence-corrected chi connectivity index (χ3v) is 4.96. The molecule has 0 aliphatic heterocycles. The third-order valence-electron chi connectivity index (χ3n) is 4.96. The van der Waals surface area contributed by atoms with Crippen LogP contribution in [0.1, 0.15) is 29.0 Å². The van der Waals surface area contributed by atoms with Gasteiger partial charge in [-0.05, 0) is 46.6 Å². The lowest BCUT2D eigenvalue weighted by Crippen LogP contribution is -2.24. The van der Waals surface area contributed by atoms with Crippen LogP contribution in [0, 0.1) is 5.92 Å². The highest BCUT2D eigenvalue weighted by Gasteiger charge is 2.34. The zero-order chi connectivity index (χ0) is 14.9. The summed E-state index contributed by atoms with van der Waals surface area (Å²) in [5.74, 6) is 0.592. The molecular formula is C21H18O. The Bertz CT molecular complexity index is 768. The number of fused-ring (bicyclic) bond motifs is 3. The van der Waals surface area contributed by atoms with Gasteiger partial charge in [-0.25, -0.2) is 0 Å². The van der Waals surface area contributed by atoms with Gasteiger partial charge in [-0.3, -0.25) is 4.79 Å². The third kappa shape index (κ3) is 2.05. The van der Waals surface area contributed by atoms with Crippen molar-refractivity contribution in [3.8, 4) is 0 Å². The predicted molar refractivity (Wildman–Crippen MR) is 89.6 cm³/mol. The number of aldehydes is 1. The van der Waals surface area contributed by atoms with Crippen LogP contribution in [0.25, 0.3) is 5.57 Å². The molecule has 0 saturated carbocycles. The minimum atomic E-state index is 0.187. The average molecular weight is 286 g/mol. The van der Waals surface area contributed by atoms with Gasteiger partial charge in [-0.1, -0.05) is 66.7 Å². The summed E-state index contributed by atoms with van der Waals surface area (Å²) in [5, 5.41) is 0. The van der Waals surface area contributed by atoms with Gasteiger partial charge in [0.1, 0.15) is 6.29 Å². The fraction of sp³-hybridized carbons (Fsp3) is 0.190. The molecule has 0 amide bonds. The highest BCUT2D eigenvalue weighted by Crippen LogP contribution is 2.48. The van der Waals surface area contributed by atoms with Crippen molar-refractivity contribution in [2.75, 3.05) is 0 Å². The molecule has 1 nitrogen and oxygen atoms in total. The summed E-state index contributed by atoms with van der Waals surface area (Å²) < 4.78 is 0. The maximum absolute atomic E-state index is 11.6. The van der Waals surface area contributed by atoms with Crippen molar-refractivity contribution in [2.24, 2.45) is 5.92 Å². The summed E-state index contributed by atoms with van der Waals surface area (Å²) in [6.07, 6.45) is 7.40. The monoisotopic (exact) mass is 286 g/mol. The summed E-state index contributed by atoms with van der Waals surface area (Å²) in [7, 11) is 0. The second kappa shape index (κ2) is 5.42. The molecule has 0 spiro atoms. The first kappa shape index (κ1) is 13.3. The Morgan fingerprint density at radius 2 is 1.68 bits per heavy atom. The summed E-state index contributed by atoms with van der Waals surface area (Å²) in [5.41, 5.74) is 6.33. The topological polar surface area (TPSA) is 17.1 Å². The molecule has 2 aromatic carbocycles. The molecule has 2 aliphatic carbocycles. The summed E-state index contributed by atoms with van der Waals surface area (Å²) in [4.78, 5) is 11.6. The molecule has 0 unspecified atom stereocenters. The SMILES string of the molecule is O=CC1=CC=C2c3ccccc3CC[C@H]2[C@@H]1c1ccccc1. The van der Waals surface area contributed by atoms with E-state index in [-0.39, 0.29) is 5.92 Å². The van der Waals surface area contributed by atoms with Crippen molar-refractivity contribution in [3.63, 3.8) is 0 Å². The number of aryl methyl sites for hydroxylation is 1. The van der Waals surface area contributed by atoms with Crippen LogP contribution < -0.4 is 0 Å². The van der Waals surface area contributed by atoms with E-state index in [1.54, 1.807) is 0 Å². The average Bonchev–Trinajstić information content (AvgIpc) is 2.61. The van der Waals surface area contributed by atoms with Crippen molar-refractivity contribution < 1.29 is 4.79 Å². The summed E-state index contributed by atoms with van der Waals surface area (Å²) in [6.45, 7) is 0.